The Kier molecular flexibility index (Phi) is 4.21. The van der Waals surface area contributed by atoms with E-state index in [4.69, 9.17) is 9.47 Å². The quantitative estimate of drug-likeness (QED) is 0.846. The van der Waals surface area contributed by atoms with Crippen LogP contribution in [0.3, 0.4) is 0 Å². The van der Waals surface area contributed by atoms with E-state index in [1.54, 1.807) is 0 Å². The Hall–Kier alpha value is -1.55. The summed E-state index contributed by atoms with van der Waals surface area (Å²) in [5.41, 5.74) is 0. The fourth-order valence-corrected chi connectivity index (χ4v) is 2.97. The lowest BCUT2D eigenvalue weighted by Crippen LogP contribution is -2.44. The maximum atomic E-state index is 12.4. The summed E-state index contributed by atoms with van der Waals surface area (Å²) in [6.07, 6.45) is 3.72. The molecule has 2 atom stereocenters. The highest BCUT2D eigenvalue weighted by Gasteiger charge is 2.35. The molecule has 4 heteroatoms. The lowest BCUT2D eigenvalue weighted by Gasteiger charge is -2.27. The number of amides is 1. The number of likely N-dealkylation sites (tertiary alicyclic amines) is 1. The van der Waals surface area contributed by atoms with Crippen LogP contribution in [0.2, 0.25) is 0 Å². The Morgan fingerprint density at radius 1 is 1.25 bits per heavy atom. The van der Waals surface area contributed by atoms with Gasteiger partial charge < -0.3 is 14.4 Å². The Morgan fingerprint density at radius 3 is 2.85 bits per heavy atom. The number of nitrogens with zero attached hydrogens (tertiary/aromatic N) is 1. The molecule has 3 rings (SSSR count). The molecule has 0 unspecified atom stereocenters. The molecule has 0 bridgehead atoms. The summed E-state index contributed by atoms with van der Waals surface area (Å²) in [5.74, 6) is 1.02. The molecule has 0 radical (unpaired) electrons. The summed E-state index contributed by atoms with van der Waals surface area (Å²) in [4.78, 5) is 14.4. The fourth-order valence-electron chi connectivity index (χ4n) is 2.97. The highest BCUT2D eigenvalue weighted by Crippen LogP contribution is 2.23. The molecule has 20 heavy (non-hydrogen) atoms. The Labute approximate surface area is 119 Å². The van der Waals surface area contributed by atoms with Crippen molar-refractivity contribution in [2.45, 2.75) is 37.8 Å². The molecule has 0 N–H and O–H groups in total. The molecule has 2 heterocycles. The topological polar surface area (TPSA) is 38.8 Å². The molecule has 2 fully saturated rings. The van der Waals surface area contributed by atoms with Crippen molar-refractivity contribution in [3.05, 3.63) is 30.3 Å². The first-order valence-electron chi connectivity index (χ1n) is 7.44. The zero-order valence-electron chi connectivity index (χ0n) is 11.7. The second kappa shape index (κ2) is 6.27. The third-order valence-corrected chi connectivity index (χ3v) is 4.05. The molecule has 1 aromatic rings. The van der Waals surface area contributed by atoms with Gasteiger partial charge in [0.25, 0.3) is 5.91 Å². The largest absolute Gasteiger partial charge is 0.491 e. The Balaban J connectivity index is 1.56. The number of para-hydroxylation sites is 1. The highest BCUT2D eigenvalue weighted by atomic mass is 16.5. The first-order valence-corrected chi connectivity index (χ1v) is 7.44. The minimum atomic E-state index is -0.215. The van der Waals surface area contributed by atoms with E-state index in [0.29, 0.717) is 6.61 Å². The van der Waals surface area contributed by atoms with E-state index in [9.17, 15) is 4.79 Å². The van der Waals surface area contributed by atoms with Crippen LogP contribution in [0.5, 0.6) is 5.75 Å². The van der Waals surface area contributed by atoms with Crippen molar-refractivity contribution in [3.63, 3.8) is 0 Å². The zero-order valence-corrected chi connectivity index (χ0v) is 11.7. The fraction of sp³-hybridized carbons (Fsp3) is 0.562. The van der Waals surface area contributed by atoms with E-state index < -0.39 is 0 Å². The van der Waals surface area contributed by atoms with Crippen LogP contribution in [0.1, 0.15) is 25.7 Å². The number of rotatable bonds is 4. The molecule has 1 amide bonds. The summed E-state index contributed by atoms with van der Waals surface area (Å²) < 4.78 is 11.3. The van der Waals surface area contributed by atoms with Gasteiger partial charge >= 0.3 is 0 Å². The molecule has 2 aliphatic heterocycles. The lowest BCUT2D eigenvalue weighted by atomic mass is 10.2. The normalized spacial score (nSPS) is 25.9. The maximum Gasteiger partial charge on any atom is 0.252 e. The van der Waals surface area contributed by atoms with Gasteiger partial charge in [-0.1, -0.05) is 18.2 Å². The number of benzene rings is 1. The number of ether oxygens (including phenoxy) is 2. The third kappa shape index (κ3) is 2.96. The number of carbonyl (C=O) groups excluding carboxylic acids is 1. The van der Waals surface area contributed by atoms with Gasteiger partial charge in [0.1, 0.15) is 18.5 Å². The second-order valence-electron chi connectivity index (χ2n) is 5.45. The molecule has 1 aromatic carbocycles. The molecule has 0 aliphatic carbocycles. The Morgan fingerprint density at radius 2 is 2.10 bits per heavy atom. The second-order valence-corrected chi connectivity index (χ2v) is 5.45. The van der Waals surface area contributed by atoms with E-state index in [-0.39, 0.29) is 18.1 Å². The number of carbonyl (C=O) groups is 1. The van der Waals surface area contributed by atoms with Gasteiger partial charge in [-0.15, -0.1) is 0 Å². The van der Waals surface area contributed by atoms with Crippen molar-refractivity contribution in [2.24, 2.45) is 0 Å². The van der Waals surface area contributed by atoms with Gasteiger partial charge in [-0.2, -0.15) is 0 Å². The smallest absolute Gasteiger partial charge is 0.252 e. The summed E-state index contributed by atoms with van der Waals surface area (Å²) in [6.45, 7) is 2.12. The molecule has 108 valence electrons. The molecule has 4 nitrogen and oxygen atoms in total. The van der Waals surface area contributed by atoms with E-state index >= 15 is 0 Å². The van der Waals surface area contributed by atoms with Gasteiger partial charge in [-0.25, -0.2) is 0 Å². The monoisotopic (exact) mass is 275 g/mol. The van der Waals surface area contributed by atoms with Crippen LogP contribution >= 0.6 is 0 Å². The van der Waals surface area contributed by atoms with Gasteiger partial charge in [0, 0.05) is 13.2 Å². The van der Waals surface area contributed by atoms with Crippen molar-refractivity contribution >= 4 is 5.91 Å². The molecule has 0 saturated carbocycles. The van der Waals surface area contributed by atoms with Crippen molar-refractivity contribution < 1.29 is 14.3 Å². The molecular weight excluding hydrogens is 254 g/mol. The summed E-state index contributed by atoms with van der Waals surface area (Å²) in [7, 11) is 0. The SMILES string of the molecule is O=C([C@@H]1CCCO1)N1CCC[C@H]1COc1ccccc1. The summed E-state index contributed by atoms with van der Waals surface area (Å²) in [5, 5.41) is 0. The molecule has 2 aliphatic rings. The van der Waals surface area contributed by atoms with Crippen molar-refractivity contribution in [1.29, 1.82) is 0 Å². The predicted molar refractivity (Wildman–Crippen MR) is 75.6 cm³/mol. The van der Waals surface area contributed by atoms with Crippen LogP contribution in [-0.4, -0.2) is 42.7 Å². The molecule has 0 aromatic heterocycles. The van der Waals surface area contributed by atoms with Gasteiger partial charge in [-0.05, 0) is 37.8 Å². The number of hydrogen-bond acceptors (Lipinski definition) is 3. The first-order chi connectivity index (χ1) is 9.84. The maximum absolute atomic E-state index is 12.4. The minimum absolute atomic E-state index is 0.154. The van der Waals surface area contributed by atoms with Crippen LogP contribution in [0, 0.1) is 0 Å². The molecule has 0 spiro atoms. The van der Waals surface area contributed by atoms with Gasteiger partial charge in [0.15, 0.2) is 0 Å². The standard InChI is InChI=1S/C16H21NO3/c18-16(15-9-5-11-19-15)17-10-4-6-13(17)12-20-14-7-2-1-3-8-14/h1-3,7-8,13,15H,4-6,9-12H2/t13-,15-/m0/s1. The zero-order chi connectivity index (χ0) is 13.8. The van der Waals surface area contributed by atoms with Crippen LogP contribution < -0.4 is 4.74 Å². The molecular formula is C16H21NO3. The van der Waals surface area contributed by atoms with Crippen LogP contribution in [0.15, 0.2) is 30.3 Å². The average Bonchev–Trinajstić information content (AvgIpc) is 3.17. The van der Waals surface area contributed by atoms with Gasteiger partial charge in [0.2, 0.25) is 0 Å². The van der Waals surface area contributed by atoms with Crippen molar-refractivity contribution in [3.8, 4) is 5.75 Å². The van der Waals surface area contributed by atoms with E-state index in [2.05, 4.69) is 0 Å². The highest BCUT2D eigenvalue weighted by molar-refractivity contribution is 5.81. The minimum Gasteiger partial charge on any atom is -0.491 e. The van der Waals surface area contributed by atoms with Crippen molar-refractivity contribution in [2.75, 3.05) is 19.8 Å². The average molecular weight is 275 g/mol. The third-order valence-electron chi connectivity index (χ3n) is 4.05. The van der Waals surface area contributed by atoms with Crippen LogP contribution in [-0.2, 0) is 9.53 Å². The van der Waals surface area contributed by atoms with Gasteiger partial charge in [-0.3, -0.25) is 4.79 Å². The predicted octanol–water partition coefficient (Wildman–Crippen LogP) is 2.24. The van der Waals surface area contributed by atoms with E-state index in [1.165, 1.54) is 0 Å². The molecule has 2 saturated heterocycles. The van der Waals surface area contributed by atoms with E-state index in [1.807, 2.05) is 35.2 Å². The number of hydrogen-bond donors (Lipinski definition) is 0. The van der Waals surface area contributed by atoms with Gasteiger partial charge in [0.05, 0.1) is 6.04 Å². The van der Waals surface area contributed by atoms with Crippen LogP contribution in [0.4, 0.5) is 0 Å². The lowest BCUT2D eigenvalue weighted by molar-refractivity contribution is -0.142. The Bertz CT molecular complexity index is 442. The summed E-state index contributed by atoms with van der Waals surface area (Å²) >= 11 is 0. The van der Waals surface area contributed by atoms with Crippen molar-refractivity contribution in [1.82, 2.24) is 4.90 Å². The van der Waals surface area contributed by atoms with E-state index in [0.717, 1.165) is 44.6 Å². The first kappa shape index (κ1) is 13.4. The van der Waals surface area contributed by atoms with Crippen LogP contribution in [0.25, 0.3) is 0 Å². The summed E-state index contributed by atoms with van der Waals surface area (Å²) in [6, 6.07) is 9.96.